The number of halogens is 1. The average Bonchev–Trinajstić information content (AvgIpc) is 2.36. The van der Waals surface area contributed by atoms with Crippen molar-refractivity contribution in [2.75, 3.05) is 24.6 Å². The Morgan fingerprint density at radius 1 is 1.50 bits per heavy atom. The summed E-state index contributed by atoms with van der Waals surface area (Å²) in [6, 6.07) is 2.52. The molecule has 0 bridgehead atoms. The molecule has 1 N–H and O–H groups in total. The van der Waals surface area contributed by atoms with Crippen molar-refractivity contribution >= 4 is 17.4 Å². The Morgan fingerprint density at radius 2 is 2.25 bits per heavy atom. The number of ether oxygens (including phenoxy) is 1. The second kappa shape index (κ2) is 6.29. The van der Waals surface area contributed by atoms with E-state index in [1.165, 1.54) is 0 Å². The molecular weight excluding hydrogens is 274 g/mol. The van der Waals surface area contributed by atoms with Gasteiger partial charge in [0.15, 0.2) is 0 Å². The van der Waals surface area contributed by atoms with E-state index < -0.39 is 0 Å². The van der Waals surface area contributed by atoms with Gasteiger partial charge < -0.3 is 15.0 Å². The van der Waals surface area contributed by atoms with E-state index in [4.69, 9.17) is 16.3 Å². The Kier molecular flexibility index (Phi) is 4.89. The van der Waals surface area contributed by atoms with Crippen molar-refractivity contribution in [1.29, 1.82) is 0 Å². The zero-order valence-corrected chi connectivity index (χ0v) is 13.5. The maximum absolute atomic E-state index is 6.23. The summed E-state index contributed by atoms with van der Waals surface area (Å²) in [5, 5.41) is 4.11. The topological polar surface area (TPSA) is 37.4 Å². The first kappa shape index (κ1) is 15.5. The molecule has 5 heteroatoms. The number of pyridine rings is 1. The molecule has 1 aliphatic rings. The van der Waals surface area contributed by atoms with E-state index in [1.54, 1.807) is 6.20 Å². The van der Waals surface area contributed by atoms with E-state index >= 15 is 0 Å². The van der Waals surface area contributed by atoms with Crippen molar-refractivity contribution in [1.82, 2.24) is 10.3 Å². The summed E-state index contributed by atoms with van der Waals surface area (Å²) in [5.41, 5.74) is 0.963. The quantitative estimate of drug-likeness (QED) is 0.927. The first-order chi connectivity index (χ1) is 9.37. The molecule has 4 nitrogen and oxygen atoms in total. The molecule has 1 fully saturated rings. The Hall–Kier alpha value is -0.840. The molecule has 2 rings (SSSR count). The zero-order chi connectivity index (χ0) is 14.8. The summed E-state index contributed by atoms with van der Waals surface area (Å²) in [4.78, 5) is 6.73. The number of morpholine rings is 1. The predicted molar refractivity (Wildman–Crippen MR) is 83.5 cm³/mol. The van der Waals surface area contributed by atoms with Gasteiger partial charge in [0, 0.05) is 31.9 Å². The lowest BCUT2D eigenvalue weighted by Crippen LogP contribution is -2.48. The van der Waals surface area contributed by atoms with E-state index in [0.717, 1.165) is 42.6 Å². The lowest BCUT2D eigenvalue weighted by Gasteiger charge is -2.38. The molecular formula is C15H24ClN3O. The summed E-state index contributed by atoms with van der Waals surface area (Å²) >= 11 is 6.23. The lowest BCUT2D eigenvalue weighted by atomic mass is 10.1. The van der Waals surface area contributed by atoms with Crippen LogP contribution in [0.15, 0.2) is 12.3 Å². The van der Waals surface area contributed by atoms with Gasteiger partial charge in [-0.3, -0.25) is 0 Å². The van der Waals surface area contributed by atoms with Gasteiger partial charge in [0.25, 0.3) is 0 Å². The van der Waals surface area contributed by atoms with Crippen LogP contribution < -0.4 is 10.2 Å². The molecule has 2 heterocycles. The van der Waals surface area contributed by atoms with Gasteiger partial charge in [-0.15, -0.1) is 0 Å². The standard InChI is InChI=1S/C15H24ClN3O/c1-11(2)17-8-12-7-14(18-9-13(12)16)19-5-6-20-15(3,4)10-19/h7,9,11,17H,5-6,8,10H2,1-4H3. The van der Waals surface area contributed by atoms with Crippen LogP contribution in [0.1, 0.15) is 33.3 Å². The summed E-state index contributed by atoms with van der Waals surface area (Å²) in [6.07, 6.45) is 1.75. The number of nitrogens with one attached hydrogen (secondary N) is 1. The molecule has 0 spiro atoms. The molecule has 112 valence electrons. The number of nitrogens with zero attached hydrogens (tertiary/aromatic N) is 2. The van der Waals surface area contributed by atoms with Crippen LogP contribution in [0.4, 0.5) is 5.82 Å². The molecule has 1 aromatic heterocycles. The van der Waals surface area contributed by atoms with Gasteiger partial charge in [-0.05, 0) is 25.5 Å². The third-order valence-electron chi connectivity index (χ3n) is 3.37. The number of rotatable bonds is 4. The predicted octanol–water partition coefficient (Wildman–Crippen LogP) is 2.85. The molecule has 1 aromatic rings. The number of hydrogen-bond acceptors (Lipinski definition) is 4. The van der Waals surface area contributed by atoms with Crippen molar-refractivity contribution < 1.29 is 4.74 Å². The number of anilines is 1. The number of hydrogen-bond donors (Lipinski definition) is 1. The molecule has 0 amide bonds. The maximum Gasteiger partial charge on any atom is 0.129 e. The van der Waals surface area contributed by atoms with Gasteiger partial charge >= 0.3 is 0 Å². The molecule has 0 atom stereocenters. The van der Waals surface area contributed by atoms with E-state index in [1.807, 2.05) is 0 Å². The van der Waals surface area contributed by atoms with Crippen molar-refractivity contribution in [3.8, 4) is 0 Å². The van der Waals surface area contributed by atoms with Crippen LogP contribution in [0.5, 0.6) is 0 Å². The third-order valence-corrected chi connectivity index (χ3v) is 3.71. The monoisotopic (exact) mass is 297 g/mol. The highest BCUT2D eigenvalue weighted by Crippen LogP contribution is 2.25. The molecule has 0 aliphatic carbocycles. The van der Waals surface area contributed by atoms with Crippen LogP contribution in [0, 0.1) is 0 Å². The van der Waals surface area contributed by atoms with Crippen LogP contribution in [-0.2, 0) is 11.3 Å². The highest BCUT2D eigenvalue weighted by atomic mass is 35.5. The van der Waals surface area contributed by atoms with E-state index in [0.29, 0.717) is 6.04 Å². The van der Waals surface area contributed by atoms with E-state index in [-0.39, 0.29) is 5.60 Å². The van der Waals surface area contributed by atoms with Crippen LogP contribution in [0.25, 0.3) is 0 Å². The van der Waals surface area contributed by atoms with Crippen LogP contribution >= 0.6 is 11.6 Å². The Morgan fingerprint density at radius 3 is 2.90 bits per heavy atom. The molecule has 1 saturated heterocycles. The summed E-state index contributed by atoms with van der Waals surface area (Å²) in [6.45, 7) is 11.7. The largest absolute Gasteiger partial charge is 0.372 e. The smallest absolute Gasteiger partial charge is 0.129 e. The molecule has 0 aromatic carbocycles. The molecule has 0 unspecified atom stereocenters. The first-order valence-electron chi connectivity index (χ1n) is 7.14. The van der Waals surface area contributed by atoms with Crippen LogP contribution in [0.2, 0.25) is 5.02 Å². The summed E-state index contributed by atoms with van der Waals surface area (Å²) in [7, 11) is 0. The van der Waals surface area contributed by atoms with Crippen molar-refractivity contribution in [3.63, 3.8) is 0 Å². The first-order valence-corrected chi connectivity index (χ1v) is 7.52. The van der Waals surface area contributed by atoms with Crippen LogP contribution in [-0.4, -0.2) is 36.3 Å². The Bertz CT molecular complexity index is 462. The van der Waals surface area contributed by atoms with Gasteiger partial charge in [-0.1, -0.05) is 25.4 Å². The van der Waals surface area contributed by atoms with Crippen molar-refractivity contribution in [2.24, 2.45) is 0 Å². The van der Waals surface area contributed by atoms with Gasteiger partial charge in [0.2, 0.25) is 0 Å². The van der Waals surface area contributed by atoms with Gasteiger partial charge in [0.1, 0.15) is 5.82 Å². The fourth-order valence-corrected chi connectivity index (χ4v) is 2.47. The van der Waals surface area contributed by atoms with Crippen LogP contribution in [0.3, 0.4) is 0 Å². The molecule has 0 radical (unpaired) electrons. The molecule has 1 aliphatic heterocycles. The van der Waals surface area contributed by atoms with E-state index in [2.05, 4.69) is 49.0 Å². The fraction of sp³-hybridized carbons (Fsp3) is 0.667. The maximum atomic E-state index is 6.23. The van der Waals surface area contributed by atoms with Crippen molar-refractivity contribution in [3.05, 3.63) is 22.8 Å². The second-order valence-electron chi connectivity index (χ2n) is 6.20. The molecule has 20 heavy (non-hydrogen) atoms. The minimum Gasteiger partial charge on any atom is -0.372 e. The highest BCUT2D eigenvalue weighted by molar-refractivity contribution is 6.31. The van der Waals surface area contributed by atoms with Crippen molar-refractivity contribution in [2.45, 2.75) is 45.9 Å². The number of aromatic nitrogens is 1. The summed E-state index contributed by atoms with van der Waals surface area (Å²) < 4.78 is 5.74. The minimum absolute atomic E-state index is 0.129. The minimum atomic E-state index is -0.129. The van der Waals surface area contributed by atoms with Gasteiger partial charge in [-0.25, -0.2) is 4.98 Å². The van der Waals surface area contributed by atoms with Gasteiger partial charge in [0.05, 0.1) is 17.2 Å². The lowest BCUT2D eigenvalue weighted by molar-refractivity contribution is -0.0279. The third kappa shape index (κ3) is 4.08. The highest BCUT2D eigenvalue weighted by Gasteiger charge is 2.28. The fourth-order valence-electron chi connectivity index (χ4n) is 2.30. The second-order valence-corrected chi connectivity index (χ2v) is 6.61. The summed E-state index contributed by atoms with van der Waals surface area (Å²) in [5.74, 6) is 0.978. The zero-order valence-electron chi connectivity index (χ0n) is 12.7. The average molecular weight is 298 g/mol. The molecule has 0 saturated carbocycles. The SMILES string of the molecule is CC(C)NCc1cc(N2CCOC(C)(C)C2)ncc1Cl. The van der Waals surface area contributed by atoms with Gasteiger partial charge in [-0.2, -0.15) is 0 Å². The Balaban J connectivity index is 2.14. The Labute approximate surface area is 126 Å². The normalized spacial score (nSPS) is 18.6. The van der Waals surface area contributed by atoms with E-state index in [9.17, 15) is 0 Å².